The molecular formula is C12H20ClNO. The third-order valence-electron chi connectivity index (χ3n) is 2.34. The lowest BCUT2D eigenvalue weighted by Crippen LogP contribution is -2.00. The highest BCUT2D eigenvalue weighted by Crippen LogP contribution is 2.30. The van der Waals surface area contributed by atoms with Crippen LogP contribution < -0.4 is 0 Å². The molecule has 1 rings (SSSR count). The fraction of sp³-hybridized carbons (Fsp3) is 0.583. The molecule has 1 N–H and O–H groups in total. The lowest BCUT2D eigenvalue weighted by atomic mass is 10.2. The van der Waals surface area contributed by atoms with E-state index in [-0.39, 0.29) is 12.4 Å². The molecule has 0 radical (unpaired) electrons. The van der Waals surface area contributed by atoms with Gasteiger partial charge in [-0.25, -0.2) is 0 Å². The van der Waals surface area contributed by atoms with Crippen molar-refractivity contribution in [3.63, 3.8) is 0 Å². The lowest BCUT2D eigenvalue weighted by Gasteiger charge is -2.10. The van der Waals surface area contributed by atoms with Gasteiger partial charge in [-0.05, 0) is 45.1 Å². The van der Waals surface area contributed by atoms with Crippen LogP contribution in [0.25, 0.3) is 0 Å². The van der Waals surface area contributed by atoms with Crippen molar-refractivity contribution in [1.82, 2.24) is 0 Å². The van der Waals surface area contributed by atoms with Crippen LogP contribution in [0.5, 0.6) is 0 Å². The zero-order valence-electron chi connectivity index (χ0n) is 9.67. The molecule has 1 fully saturated rings. The standard InChI is InChI=1S/C12H19NO.ClH/c1-4-9(2)12(7-10(3)13)14-8-11-5-6-11;/h4,7,11,13H,5-6,8H2,1-3H3;1H/b9-4-,12-7+,13-10?;. The third-order valence-corrected chi connectivity index (χ3v) is 2.34. The molecule has 0 spiro atoms. The number of hydrogen-bond donors (Lipinski definition) is 1. The number of ether oxygens (including phenoxy) is 1. The van der Waals surface area contributed by atoms with E-state index in [4.69, 9.17) is 10.1 Å². The summed E-state index contributed by atoms with van der Waals surface area (Å²) >= 11 is 0. The van der Waals surface area contributed by atoms with Crippen molar-refractivity contribution in [3.05, 3.63) is 23.5 Å². The van der Waals surface area contributed by atoms with E-state index in [1.165, 1.54) is 12.8 Å². The van der Waals surface area contributed by atoms with Crippen molar-refractivity contribution in [2.75, 3.05) is 6.61 Å². The van der Waals surface area contributed by atoms with E-state index in [1.807, 2.05) is 19.9 Å². The second-order valence-corrected chi connectivity index (χ2v) is 3.92. The van der Waals surface area contributed by atoms with Crippen LogP contribution in [0, 0.1) is 11.3 Å². The van der Waals surface area contributed by atoms with Crippen LogP contribution in [-0.2, 0) is 4.74 Å². The second-order valence-electron chi connectivity index (χ2n) is 3.92. The molecule has 1 aliphatic rings. The summed E-state index contributed by atoms with van der Waals surface area (Å²) in [7, 11) is 0. The molecule has 0 atom stereocenters. The van der Waals surface area contributed by atoms with Gasteiger partial charge in [0.2, 0.25) is 0 Å². The van der Waals surface area contributed by atoms with Gasteiger partial charge in [0.25, 0.3) is 0 Å². The molecular weight excluding hydrogens is 210 g/mol. The Bertz CT molecular complexity index is 277. The molecule has 0 bridgehead atoms. The van der Waals surface area contributed by atoms with Gasteiger partial charge in [-0.3, -0.25) is 0 Å². The first-order chi connectivity index (χ1) is 6.63. The largest absolute Gasteiger partial charge is 0.493 e. The molecule has 0 heterocycles. The summed E-state index contributed by atoms with van der Waals surface area (Å²) in [5.74, 6) is 1.61. The fourth-order valence-corrected chi connectivity index (χ4v) is 1.10. The molecule has 86 valence electrons. The van der Waals surface area contributed by atoms with Crippen LogP contribution in [0.3, 0.4) is 0 Å². The molecule has 1 aliphatic carbocycles. The van der Waals surface area contributed by atoms with E-state index < -0.39 is 0 Å². The predicted molar refractivity (Wildman–Crippen MR) is 66.8 cm³/mol. The highest BCUT2D eigenvalue weighted by molar-refractivity contribution is 5.90. The summed E-state index contributed by atoms with van der Waals surface area (Å²) in [5.41, 5.74) is 1.65. The Morgan fingerprint density at radius 2 is 2.00 bits per heavy atom. The number of halogens is 1. The van der Waals surface area contributed by atoms with Crippen LogP contribution in [0.1, 0.15) is 33.6 Å². The van der Waals surface area contributed by atoms with E-state index in [0.29, 0.717) is 5.71 Å². The maximum atomic E-state index is 7.41. The van der Waals surface area contributed by atoms with E-state index in [0.717, 1.165) is 23.9 Å². The number of hydrogen-bond acceptors (Lipinski definition) is 2. The zero-order valence-corrected chi connectivity index (χ0v) is 10.5. The molecule has 0 aromatic carbocycles. The Balaban J connectivity index is 0.00000196. The molecule has 15 heavy (non-hydrogen) atoms. The molecule has 0 aromatic heterocycles. The van der Waals surface area contributed by atoms with Gasteiger partial charge in [0, 0.05) is 11.8 Å². The SMILES string of the molecule is C/C=C(C)\C(=C/C(C)=N)OCC1CC1.Cl. The fourth-order valence-electron chi connectivity index (χ4n) is 1.10. The Labute approximate surface area is 98.3 Å². The average Bonchev–Trinajstić information content (AvgIpc) is 2.93. The Hall–Kier alpha value is -0.760. The van der Waals surface area contributed by atoms with Crippen molar-refractivity contribution < 1.29 is 4.74 Å². The number of allylic oxidation sites excluding steroid dienone is 3. The predicted octanol–water partition coefficient (Wildman–Crippen LogP) is 3.72. The minimum atomic E-state index is 0. The first-order valence-corrected chi connectivity index (χ1v) is 5.16. The first-order valence-electron chi connectivity index (χ1n) is 5.16. The van der Waals surface area contributed by atoms with Crippen molar-refractivity contribution >= 4 is 18.1 Å². The van der Waals surface area contributed by atoms with Gasteiger partial charge < -0.3 is 10.1 Å². The van der Waals surface area contributed by atoms with Gasteiger partial charge >= 0.3 is 0 Å². The summed E-state index contributed by atoms with van der Waals surface area (Å²) in [5, 5.41) is 7.41. The van der Waals surface area contributed by atoms with Gasteiger partial charge in [-0.2, -0.15) is 0 Å². The van der Waals surface area contributed by atoms with Gasteiger partial charge in [0.1, 0.15) is 5.76 Å². The van der Waals surface area contributed by atoms with Crippen molar-refractivity contribution in [1.29, 1.82) is 5.41 Å². The topological polar surface area (TPSA) is 33.1 Å². The Morgan fingerprint density at radius 1 is 1.40 bits per heavy atom. The molecule has 0 aliphatic heterocycles. The normalized spacial score (nSPS) is 17.0. The van der Waals surface area contributed by atoms with Crippen LogP contribution in [0.2, 0.25) is 0 Å². The lowest BCUT2D eigenvalue weighted by molar-refractivity contribution is 0.207. The minimum absolute atomic E-state index is 0. The van der Waals surface area contributed by atoms with E-state index >= 15 is 0 Å². The molecule has 0 aromatic rings. The molecule has 0 unspecified atom stereocenters. The maximum absolute atomic E-state index is 7.41. The van der Waals surface area contributed by atoms with Crippen molar-refractivity contribution in [2.45, 2.75) is 33.6 Å². The maximum Gasteiger partial charge on any atom is 0.123 e. The summed E-state index contributed by atoms with van der Waals surface area (Å²) in [6, 6.07) is 0. The van der Waals surface area contributed by atoms with Gasteiger partial charge in [0.05, 0.1) is 6.61 Å². The molecule has 0 saturated heterocycles. The monoisotopic (exact) mass is 229 g/mol. The van der Waals surface area contributed by atoms with Gasteiger partial charge in [-0.1, -0.05) is 6.08 Å². The summed E-state index contributed by atoms with van der Waals surface area (Å²) in [6.45, 7) is 6.58. The Kier molecular flexibility index (Phi) is 6.34. The van der Waals surface area contributed by atoms with E-state index in [9.17, 15) is 0 Å². The minimum Gasteiger partial charge on any atom is -0.493 e. The van der Waals surface area contributed by atoms with E-state index in [1.54, 1.807) is 13.0 Å². The smallest absolute Gasteiger partial charge is 0.123 e. The molecule has 1 saturated carbocycles. The number of rotatable bonds is 5. The summed E-state index contributed by atoms with van der Waals surface area (Å²) < 4.78 is 5.68. The van der Waals surface area contributed by atoms with Crippen LogP contribution in [0.15, 0.2) is 23.5 Å². The second kappa shape index (κ2) is 6.67. The zero-order chi connectivity index (χ0) is 10.6. The van der Waals surface area contributed by atoms with Crippen molar-refractivity contribution in [3.8, 4) is 0 Å². The molecule has 0 amide bonds. The van der Waals surface area contributed by atoms with Crippen molar-refractivity contribution in [2.24, 2.45) is 5.92 Å². The van der Waals surface area contributed by atoms with Crippen LogP contribution in [-0.4, -0.2) is 12.3 Å². The van der Waals surface area contributed by atoms with Crippen LogP contribution >= 0.6 is 12.4 Å². The molecule has 3 heteroatoms. The van der Waals surface area contributed by atoms with E-state index in [2.05, 4.69) is 0 Å². The highest BCUT2D eigenvalue weighted by Gasteiger charge is 2.22. The quantitative estimate of drug-likeness (QED) is 0.435. The molecule has 2 nitrogen and oxygen atoms in total. The first kappa shape index (κ1) is 14.2. The van der Waals surface area contributed by atoms with Gasteiger partial charge in [0.15, 0.2) is 0 Å². The third kappa shape index (κ3) is 5.63. The summed E-state index contributed by atoms with van der Waals surface area (Å²) in [4.78, 5) is 0. The Morgan fingerprint density at radius 3 is 2.40 bits per heavy atom. The summed E-state index contributed by atoms with van der Waals surface area (Å²) in [6.07, 6.45) is 6.40. The average molecular weight is 230 g/mol. The van der Waals surface area contributed by atoms with Gasteiger partial charge in [-0.15, -0.1) is 12.4 Å². The highest BCUT2D eigenvalue weighted by atomic mass is 35.5. The van der Waals surface area contributed by atoms with Crippen LogP contribution in [0.4, 0.5) is 0 Å². The number of nitrogens with one attached hydrogen (secondary N) is 1.